The summed E-state index contributed by atoms with van der Waals surface area (Å²) in [6.45, 7) is 4.86. The van der Waals surface area contributed by atoms with E-state index in [0.717, 1.165) is 24.3 Å². The van der Waals surface area contributed by atoms with E-state index in [2.05, 4.69) is 9.88 Å². The van der Waals surface area contributed by atoms with Gasteiger partial charge in [0.15, 0.2) is 0 Å². The maximum Gasteiger partial charge on any atom is 0.266 e. The summed E-state index contributed by atoms with van der Waals surface area (Å²) in [4.78, 5) is 16.9. The van der Waals surface area contributed by atoms with Crippen LogP contribution in [0.3, 0.4) is 0 Å². The fourth-order valence-corrected chi connectivity index (χ4v) is 2.93. The van der Waals surface area contributed by atoms with Crippen molar-refractivity contribution in [2.75, 3.05) is 38.3 Å². The van der Waals surface area contributed by atoms with E-state index in [9.17, 15) is 10.1 Å². The van der Waals surface area contributed by atoms with Gasteiger partial charge < -0.3 is 19.4 Å². The van der Waals surface area contributed by atoms with E-state index in [0.29, 0.717) is 30.2 Å². The van der Waals surface area contributed by atoms with Crippen LogP contribution in [0.15, 0.2) is 29.1 Å². The molecule has 0 amide bonds. The van der Waals surface area contributed by atoms with Crippen LogP contribution in [0.4, 0.5) is 5.69 Å². The molecule has 0 atom stereocenters. The van der Waals surface area contributed by atoms with E-state index in [1.807, 2.05) is 24.3 Å². The summed E-state index contributed by atoms with van der Waals surface area (Å²) in [6, 6.07) is 9.62. The molecule has 0 unspecified atom stereocenters. The van der Waals surface area contributed by atoms with Crippen molar-refractivity contribution >= 4 is 5.69 Å². The van der Waals surface area contributed by atoms with Crippen molar-refractivity contribution in [3.8, 4) is 22.9 Å². The molecule has 1 aliphatic heterocycles. The van der Waals surface area contributed by atoms with Crippen molar-refractivity contribution in [3.05, 3.63) is 45.9 Å². The minimum atomic E-state index is -0.383. The second-order valence-electron chi connectivity index (χ2n) is 5.67. The van der Waals surface area contributed by atoms with Crippen molar-refractivity contribution in [1.82, 2.24) is 4.98 Å². The molecular weight excluding hydrogens is 306 g/mol. The second-order valence-corrected chi connectivity index (χ2v) is 5.67. The standard InChI is InChI=1S/C18H19N3O3/c1-12-9-15(16(11-19)18(22)20-12)14-4-3-13(10-17(14)23-2)21-5-7-24-8-6-21/h3-4,9-10H,5-8H2,1-2H3,(H,20,22). The molecule has 1 saturated heterocycles. The molecule has 0 saturated carbocycles. The molecule has 6 nitrogen and oxygen atoms in total. The Bertz CT molecular complexity index is 846. The summed E-state index contributed by atoms with van der Waals surface area (Å²) in [5.74, 6) is 0.639. The topological polar surface area (TPSA) is 78.3 Å². The van der Waals surface area contributed by atoms with Crippen LogP contribution in [0.1, 0.15) is 11.3 Å². The Morgan fingerprint density at radius 1 is 1.25 bits per heavy atom. The van der Waals surface area contributed by atoms with Gasteiger partial charge >= 0.3 is 0 Å². The maximum atomic E-state index is 12.0. The molecule has 0 spiro atoms. The van der Waals surface area contributed by atoms with Crippen LogP contribution in [-0.4, -0.2) is 38.4 Å². The summed E-state index contributed by atoms with van der Waals surface area (Å²) >= 11 is 0. The number of H-pyrrole nitrogens is 1. The summed E-state index contributed by atoms with van der Waals surface area (Å²) in [6.07, 6.45) is 0. The molecule has 24 heavy (non-hydrogen) atoms. The molecule has 0 radical (unpaired) electrons. The fourth-order valence-electron chi connectivity index (χ4n) is 2.93. The van der Waals surface area contributed by atoms with Crippen LogP contribution >= 0.6 is 0 Å². The molecule has 124 valence electrons. The van der Waals surface area contributed by atoms with Crippen molar-refractivity contribution in [1.29, 1.82) is 5.26 Å². The minimum Gasteiger partial charge on any atom is -0.496 e. The fraction of sp³-hybridized carbons (Fsp3) is 0.333. The van der Waals surface area contributed by atoms with Gasteiger partial charge in [0.25, 0.3) is 5.56 Å². The van der Waals surface area contributed by atoms with Crippen molar-refractivity contribution in [2.24, 2.45) is 0 Å². The highest BCUT2D eigenvalue weighted by Gasteiger charge is 2.17. The van der Waals surface area contributed by atoms with Gasteiger partial charge in [0.2, 0.25) is 0 Å². The first-order valence-corrected chi connectivity index (χ1v) is 7.79. The predicted octanol–water partition coefficient (Wildman–Crippen LogP) is 2.07. The number of aryl methyl sites for hydroxylation is 1. The number of nitrogens with zero attached hydrogens (tertiary/aromatic N) is 2. The lowest BCUT2D eigenvalue weighted by Crippen LogP contribution is -2.36. The number of pyridine rings is 1. The number of nitriles is 1. The number of ether oxygens (including phenoxy) is 2. The highest BCUT2D eigenvalue weighted by Crippen LogP contribution is 2.35. The van der Waals surface area contributed by atoms with E-state index in [1.54, 1.807) is 20.1 Å². The van der Waals surface area contributed by atoms with Gasteiger partial charge in [-0.1, -0.05) is 0 Å². The van der Waals surface area contributed by atoms with Gasteiger partial charge in [0.05, 0.1) is 20.3 Å². The van der Waals surface area contributed by atoms with E-state index < -0.39 is 0 Å². The smallest absolute Gasteiger partial charge is 0.266 e. The van der Waals surface area contributed by atoms with Gasteiger partial charge in [-0.15, -0.1) is 0 Å². The number of anilines is 1. The zero-order valence-corrected chi connectivity index (χ0v) is 13.8. The first-order chi connectivity index (χ1) is 11.6. The van der Waals surface area contributed by atoms with Gasteiger partial charge in [-0.25, -0.2) is 0 Å². The zero-order valence-electron chi connectivity index (χ0n) is 13.8. The predicted molar refractivity (Wildman–Crippen MR) is 91.5 cm³/mol. The van der Waals surface area contributed by atoms with Crippen LogP contribution in [0, 0.1) is 18.3 Å². The summed E-state index contributed by atoms with van der Waals surface area (Å²) in [7, 11) is 1.59. The molecule has 1 aromatic carbocycles. The Balaban J connectivity index is 2.09. The molecule has 1 N–H and O–H groups in total. The van der Waals surface area contributed by atoms with Crippen LogP contribution < -0.4 is 15.2 Å². The third kappa shape index (κ3) is 2.99. The number of nitrogens with one attached hydrogen (secondary N) is 1. The van der Waals surface area contributed by atoms with Crippen LogP contribution in [0.5, 0.6) is 5.75 Å². The molecular formula is C18H19N3O3. The van der Waals surface area contributed by atoms with Gasteiger partial charge in [-0.3, -0.25) is 4.79 Å². The molecule has 3 rings (SSSR count). The Morgan fingerprint density at radius 3 is 2.67 bits per heavy atom. The molecule has 0 aliphatic carbocycles. The van der Waals surface area contributed by atoms with Crippen molar-refractivity contribution in [2.45, 2.75) is 6.92 Å². The van der Waals surface area contributed by atoms with E-state index >= 15 is 0 Å². The first kappa shape index (κ1) is 16.1. The Morgan fingerprint density at radius 2 is 2.00 bits per heavy atom. The average molecular weight is 325 g/mol. The number of hydrogen-bond donors (Lipinski definition) is 1. The van der Waals surface area contributed by atoms with E-state index in [1.165, 1.54) is 0 Å². The highest BCUT2D eigenvalue weighted by molar-refractivity contribution is 5.78. The summed E-state index contributed by atoms with van der Waals surface area (Å²) in [5, 5.41) is 9.34. The number of aromatic nitrogens is 1. The molecule has 6 heteroatoms. The largest absolute Gasteiger partial charge is 0.496 e. The highest BCUT2D eigenvalue weighted by atomic mass is 16.5. The number of hydrogen-bond acceptors (Lipinski definition) is 5. The summed E-state index contributed by atoms with van der Waals surface area (Å²) in [5.41, 5.74) is 2.78. The molecule has 2 aromatic rings. The van der Waals surface area contributed by atoms with Crippen LogP contribution in [-0.2, 0) is 4.74 Å². The second kappa shape index (κ2) is 6.77. The van der Waals surface area contributed by atoms with Gasteiger partial charge in [0.1, 0.15) is 17.4 Å². The lowest BCUT2D eigenvalue weighted by atomic mass is 9.99. The third-order valence-corrected chi connectivity index (χ3v) is 4.13. The quantitative estimate of drug-likeness (QED) is 0.934. The summed E-state index contributed by atoms with van der Waals surface area (Å²) < 4.78 is 10.9. The molecule has 1 aromatic heterocycles. The zero-order chi connectivity index (χ0) is 17.1. The normalized spacial score (nSPS) is 14.3. The Labute approximate surface area is 140 Å². The number of aromatic amines is 1. The SMILES string of the molecule is COc1cc(N2CCOCC2)ccc1-c1cc(C)[nH]c(=O)c1C#N. The van der Waals surface area contributed by atoms with Crippen LogP contribution in [0.2, 0.25) is 0 Å². The Kier molecular flexibility index (Phi) is 4.54. The maximum absolute atomic E-state index is 12.0. The molecule has 0 bridgehead atoms. The number of methoxy groups -OCH3 is 1. The average Bonchev–Trinajstić information content (AvgIpc) is 2.61. The number of rotatable bonds is 3. The molecule has 1 fully saturated rings. The van der Waals surface area contributed by atoms with Gasteiger partial charge in [0, 0.05) is 41.7 Å². The van der Waals surface area contributed by atoms with E-state index in [4.69, 9.17) is 9.47 Å². The lowest BCUT2D eigenvalue weighted by molar-refractivity contribution is 0.122. The lowest BCUT2D eigenvalue weighted by Gasteiger charge is -2.29. The van der Waals surface area contributed by atoms with Crippen LogP contribution in [0.25, 0.3) is 11.1 Å². The van der Waals surface area contributed by atoms with Crippen molar-refractivity contribution < 1.29 is 9.47 Å². The number of morpholine rings is 1. The van der Waals surface area contributed by atoms with Crippen molar-refractivity contribution in [3.63, 3.8) is 0 Å². The number of benzene rings is 1. The van der Waals surface area contributed by atoms with E-state index in [-0.39, 0.29) is 11.1 Å². The van der Waals surface area contributed by atoms with Gasteiger partial charge in [-0.05, 0) is 25.1 Å². The molecule has 1 aliphatic rings. The van der Waals surface area contributed by atoms with Gasteiger partial charge in [-0.2, -0.15) is 5.26 Å². The Hall–Kier alpha value is -2.78. The minimum absolute atomic E-state index is 0.0954. The first-order valence-electron chi connectivity index (χ1n) is 7.79. The molecule has 2 heterocycles. The third-order valence-electron chi connectivity index (χ3n) is 4.13. The monoisotopic (exact) mass is 325 g/mol.